The topological polar surface area (TPSA) is 77.3 Å². The first-order chi connectivity index (χ1) is 12.0. The monoisotopic (exact) mass is 342 g/mol. The summed E-state index contributed by atoms with van der Waals surface area (Å²) in [6, 6.07) is 6.87. The molecule has 0 saturated carbocycles. The Hall–Kier alpha value is -2.54. The van der Waals surface area contributed by atoms with Crippen molar-refractivity contribution in [3.63, 3.8) is 0 Å². The molecule has 1 aliphatic heterocycles. The summed E-state index contributed by atoms with van der Waals surface area (Å²) in [6.45, 7) is 5.65. The van der Waals surface area contributed by atoms with Crippen LogP contribution in [0, 0.1) is 13.8 Å². The highest BCUT2D eigenvalue weighted by atomic mass is 16.5. The number of hydrogen-bond donors (Lipinski definition) is 0. The average Bonchev–Trinajstić information content (AvgIpc) is 2.60. The third-order valence-electron chi connectivity index (χ3n) is 4.20. The summed E-state index contributed by atoms with van der Waals surface area (Å²) < 4.78 is 7.35. The van der Waals surface area contributed by atoms with Crippen LogP contribution in [0.15, 0.2) is 35.3 Å². The second-order valence-corrected chi connectivity index (χ2v) is 6.16. The largest absolute Gasteiger partial charge is 0.368 e. The molecule has 1 amide bonds. The van der Waals surface area contributed by atoms with Gasteiger partial charge in [-0.3, -0.25) is 9.59 Å². The molecule has 7 heteroatoms. The Morgan fingerprint density at radius 1 is 1.32 bits per heavy atom. The second-order valence-electron chi connectivity index (χ2n) is 6.16. The maximum atomic E-state index is 12.5. The zero-order valence-corrected chi connectivity index (χ0v) is 14.5. The molecular weight excluding hydrogens is 320 g/mol. The summed E-state index contributed by atoms with van der Waals surface area (Å²) in [5.74, 6) is 0.719. The van der Waals surface area contributed by atoms with E-state index in [0.29, 0.717) is 38.5 Å². The molecule has 2 aromatic rings. The molecule has 3 heterocycles. The first kappa shape index (κ1) is 17.3. The fourth-order valence-electron chi connectivity index (χ4n) is 2.98. The number of aryl methyl sites for hydroxylation is 3. The van der Waals surface area contributed by atoms with E-state index in [4.69, 9.17) is 4.74 Å². The van der Waals surface area contributed by atoms with E-state index in [1.165, 1.54) is 6.07 Å². The summed E-state index contributed by atoms with van der Waals surface area (Å²) in [4.78, 5) is 34.7. The Labute approximate surface area is 146 Å². The lowest BCUT2D eigenvalue weighted by Gasteiger charge is -2.33. The SMILES string of the molecule is Cc1cc(C2CN(C(=O)CCn3ccccc3=O)CCO2)nc(C)n1. The molecule has 1 atom stereocenters. The van der Waals surface area contributed by atoms with Gasteiger partial charge in [0.25, 0.3) is 5.56 Å². The van der Waals surface area contributed by atoms with Crippen LogP contribution in [0.4, 0.5) is 0 Å². The number of carbonyl (C=O) groups excluding carboxylic acids is 1. The summed E-state index contributed by atoms with van der Waals surface area (Å²) in [5.41, 5.74) is 1.60. The summed E-state index contributed by atoms with van der Waals surface area (Å²) >= 11 is 0. The molecule has 25 heavy (non-hydrogen) atoms. The van der Waals surface area contributed by atoms with Crippen molar-refractivity contribution in [1.29, 1.82) is 0 Å². The van der Waals surface area contributed by atoms with Crippen molar-refractivity contribution in [3.05, 3.63) is 58.0 Å². The Morgan fingerprint density at radius 2 is 2.16 bits per heavy atom. The van der Waals surface area contributed by atoms with Crippen molar-refractivity contribution < 1.29 is 9.53 Å². The van der Waals surface area contributed by atoms with E-state index in [2.05, 4.69) is 9.97 Å². The minimum absolute atomic E-state index is 0.0200. The maximum Gasteiger partial charge on any atom is 0.250 e. The number of amides is 1. The number of morpholine rings is 1. The van der Waals surface area contributed by atoms with Crippen molar-refractivity contribution in [2.24, 2.45) is 0 Å². The van der Waals surface area contributed by atoms with Crippen molar-refractivity contribution in [1.82, 2.24) is 19.4 Å². The van der Waals surface area contributed by atoms with Gasteiger partial charge in [0.15, 0.2) is 0 Å². The normalized spacial score (nSPS) is 17.5. The number of rotatable bonds is 4. The molecule has 1 fully saturated rings. The van der Waals surface area contributed by atoms with Crippen LogP contribution in [0.3, 0.4) is 0 Å². The Kier molecular flexibility index (Phi) is 5.23. The third-order valence-corrected chi connectivity index (χ3v) is 4.20. The summed E-state index contributed by atoms with van der Waals surface area (Å²) in [7, 11) is 0. The quantitative estimate of drug-likeness (QED) is 0.836. The molecule has 2 aromatic heterocycles. The number of hydrogen-bond acceptors (Lipinski definition) is 5. The fourth-order valence-corrected chi connectivity index (χ4v) is 2.98. The standard InChI is InChI=1S/C18H22N4O3/c1-13-11-15(20-14(2)19-13)16-12-22(9-10-25-16)18(24)6-8-21-7-4-3-5-17(21)23/h3-5,7,11,16H,6,8-10,12H2,1-2H3. The van der Waals surface area contributed by atoms with Gasteiger partial charge < -0.3 is 14.2 Å². The van der Waals surface area contributed by atoms with Crippen LogP contribution in [-0.2, 0) is 16.1 Å². The zero-order valence-electron chi connectivity index (χ0n) is 14.5. The summed E-state index contributed by atoms with van der Waals surface area (Å²) in [6.07, 6.45) is 1.75. The van der Waals surface area contributed by atoms with Gasteiger partial charge in [-0.05, 0) is 26.0 Å². The minimum Gasteiger partial charge on any atom is -0.368 e. The Balaban J connectivity index is 1.63. The first-order valence-electron chi connectivity index (χ1n) is 8.40. The zero-order chi connectivity index (χ0) is 17.8. The van der Waals surface area contributed by atoms with Crippen LogP contribution in [0.1, 0.15) is 29.7 Å². The molecule has 1 saturated heterocycles. The number of nitrogens with zero attached hydrogens (tertiary/aromatic N) is 4. The molecule has 0 N–H and O–H groups in total. The van der Waals surface area contributed by atoms with E-state index in [9.17, 15) is 9.59 Å². The van der Waals surface area contributed by atoms with Crippen molar-refractivity contribution in [3.8, 4) is 0 Å². The highest BCUT2D eigenvalue weighted by Gasteiger charge is 2.26. The second kappa shape index (κ2) is 7.57. The molecule has 0 bridgehead atoms. The molecular formula is C18H22N4O3. The van der Waals surface area contributed by atoms with Gasteiger partial charge in [0, 0.05) is 37.5 Å². The van der Waals surface area contributed by atoms with Gasteiger partial charge in [-0.1, -0.05) is 6.07 Å². The molecule has 0 aromatic carbocycles. The maximum absolute atomic E-state index is 12.5. The van der Waals surface area contributed by atoms with Crippen LogP contribution in [0.25, 0.3) is 0 Å². The Bertz CT molecular complexity index is 798. The van der Waals surface area contributed by atoms with Crippen LogP contribution in [0.2, 0.25) is 0 Å². The molecule has 7 nitrogen and oxygen atoms in total. The van der Waals surface area contributed by atoms with E-state index in [1.54, 1.807) is 27.8 Å². The molecule has 0 aliphatic carbocycles. The van der Waals surface area contributed by atoms with E-state index < -0.39 is 0 Å². The smallest absolute Gasteiger partial charge is 0.250 e. The van der Waals surface area contributed by atoms with E-state index in [1.807, 2.05) is 19.9 Å². The van der Waals surface area contributed by atoms with Gasteiger partial charge in [0.05, 0.1) is 18.8 Å². The minimum atomic E-state index is -0.238. The van der Waals surface area contributed by atoms with Crippen LogP contribution < -0.4 is 5.56 Å². The molecule has 0 spiro atoms. The average molecular weight is 342 g/mol. The van der Waals surface area contributed by atoms with Gasteiger partial charge >= 0.3 is 0 Å². The van der Waals surface area contributed by atoms with E-state index in [-0.39, 0.29) is 17.6 Å². The number of carbonyl (C=O) groups is 1. The fraction of sp³-hybridized carbons (Fsp3) is 0.444. The van der Waals surface area contributed by atoms with Gasteiger partial charge in [0.2, 0.25) is 5.91 Å². The first-order valence-corrected chi connectivity index (χ1v) is 8.40. The molecule has 0 radical (unpaired) electrons. The van der Waals surface area contributed by atoms with Crippen LogP contribution >= 0.6 is 0 Å². The van der Waals surface area contributed by atoms with Crippen molar-refractivity contribution >= 4 is 5.91 Å². The van der Waals surface area contributed by atoms with Gasteiger partial charge in [-0.25, -0.2) is 9.97 Å². The molecule has 132 valence electrons. The predicted octanol–water partition coefficient (Wildman–Crippen LogP) is 1.25. The lowest BCUT2D eigenvalue weighted by molar-refractivity contribution is -0.139. The van der Waals surface area contributed by atoms with Crippen LogP contribution in [-0.4, -0.2) is 45.0 Å². The van der Waals surface area contributed by atoms with Gasteiger partial charge in [-0.2, -0.15) is 0 Å². The Morgan fingerprint density at radius 3 is 2.92 bits per heavy atom. The van der Waals surface area contributed by atoms with E-state index >= 15 is 0 Å². The highest BCUT2D eigenvalue weighted by molar-refractivity contribution is 5.76. The summed E-state index contributed by atoms with van der Waals surface area (Å²) in [5, 5.41) is 0. The third kappa shape index (κ3) is 4.30. The van der Waals surface area contributed by atoms with Gasteiger partial charge in [-0.15, -0.1) is 0 Å². The van der Waals surface area contributed by atoms with Crippen LogP contribution in [0.5, 0.6) is 0 Å². The van der Waals surface area contributed by atoms with E-state index in [0.717, 1.165) is 11.4 Å². The number of ether oxygens (including phenoxy) is 1. The lowest BCUT2D eigenvalue weighted by atomic mass is 10.1. The molecule has 1 aliphatic rings. The molecule has 1 unspecified atom stereocenters. The van der Waals surface area contributed by atoms with Crippen molar-refractivity contribution in [2.75, 3.05) is 19.7 Å². The number of aromatic nitrogens is 3. The molecule has 3 rings (SSSR count). The highest BCUT2D eigenvalue weighted by Crippen LogP contribution is 2.21. The van der Waals surface area contributed by atoms with Crippen molar-refractivity contribution in [2.45, 2.75) is 32.9 Å². The predicted molar refractivity (Wildman–Crippen MR) is 92.1 cm³/mol. The number of pyridine rings is 1. The lowest BCUT2D eigenvalue weighted by Crippen LogP contribution is -2.43. The van der Waals surface area contributed by atoms with Gasteiger partial charge in [0.1, 0.15) is 11.9 Å².